The molecular weight excluding hydrogens is 208 g/mol. The topological polar surface area (TPSA) is 44.9 Å². The second-order valence-electron chi connectivity index (χ2n) is 3.49. The number of fused-ring (bicyclic) bond motifs is 1. The van der Waals surface area contributed by atoms with Crippen LogP contribution >= 0.6 is 11.3 Å². The van der Waals surface area contributed by atoms with E-state index in [4.69, 9.17) is 0 Å². The minimum absolute atomic E-state index is 0.0951. The van der Waals surface area contributed by atoms with Crippen LogP contribution in [0.25, 0.3) is 10.2 Å². The zero-order valence-electron chi connectivity index (χ0n) is 8.67. The Labute approximate surface area is 92.1 Å². The van der Waals surface area contributed by atoms with Gasteiger partial charge in [-0.05, 0) is 17.9 Å². The summed E-state index contributed by atoms with van der Waals surface area (Å²) in [5.41, 5.74) is 1.02. The molecule has 2 rings (SSSR count). The van der Waals surface area contributed by atoms with E-state index in [2.05, 4.69) is 17.2 Å². The van der Waals surface area contributed by atoms with Crippen LogP contribution in [0.3, 0.4) is 0 Å². The van der Waals surface area contributed by atoms with E-state index >= 15 is 0 Å². The van der Waals surface area contributed by atoms with Gasteiger partial charge in [-0.1, -0.05) is 13.3 Å². The van der Waals surface area contributed by atoms with Crippen LogP contribution in [0.4, 0.5) is 5.82 Å². The summed E-state index contributed by atoms with van der Waals surface area (Å²) in [4.78, 5) is 14.8. The maximum absolute atomic E-state index is 11.6. The molecule has 0 atom stereocenters. The van der Waals surface area contributed by atoms with Gasteiger partial charge in [-0.2, -0.15) is 0 Å². The average molecular weight is 222 g/mol. The molecule has 0 bridgehead atoms. The van der Waals surface area contributed by atoms with Crippen LogP contribution < -0.4 is 10.7 Å². The zero-order valence-corrected chi connectivity index (χ0v) is 9.49. The predicted octanol–water partition coefficient (Wildman–Crippen LogP) is 2.80. The van der Waals surface area contributed by atoms with E-state index in [9.17, 15) is 4.79 Å². The highest BCUT2D eigenvalue weighted by molar-refractivity contribution is 7.17. The van der Waals surface area contributed by atoms with Gasteiger partial charge in [0.2, 0.25) is 5.43 Å². The maximum Gasteiger partial charge on any atom is 0.201 e. The van der Waals surface area contributed by atoms with Crippen molar-refractivity contribution < 1.29 is 0 Å². The van der Waals surface area contributed by atoms with E-state index in [-0.39, 0.29) is 5.43 Å². The molecule has 0 amide bonds. The predicted molar refractivity (Wildman–Crippen MR) is 65.8 cm³/mol. The Morgan fingerprint density at radius 3 is 3.20 bits per heavy atom. The van der Waals surface area contributed by atoms with Gasteiger partial charge in [0.05, 0.1) is 10.2 Å². The van der Waals surface area contributed by atoms with Gasteiger partial charge in [0.1, 0.15) is 5.82 Å². The summed E-state index contributed by atoms with van der Waals surface area (Å²) in [5.74, 6) is 0.819. The summed E-state index contributed by atoms with van der Waals surface area (Å²) in [6.07, 6.45) is 2.27. The number of aromatic nitrogens is 1. The Hall–Kier alpha value is -1.29. The maximum atomic E-state index is 11.6. The molecular formula is C11H14N2OS. The molecule has 0 saturated carbocycles. The van der Waals surface area contributed by atoms with E-state index in [1.165, 1.54) is 11.3 Å². The lowest BCUT2D eigenvalue weighted by Crippen LogP contribution is -2.07. The van der Waals surface area contributed by atoms with Crippen molar-refractivity contribution in [2.24, 2.45) is 0 Å². The Bertz CT molecular complexity index is 501. The van der Waals surface area contributed by atoms with Crippen LogP contribution in [0.2, 0.25) is 0 Å². The standard InChI is InChI=1S/C11H14N2OS/c1-2-3-5-12-10-7-9(14)11-8(13-10)4-6-15-11/h4,6-7H,2-3,5H2,1H3,(H2,12,13,14). The highest BCUT2D eigenvalue weighted by atomic mass is 32.1. The summed E-state index contributed by atoms with van der Waals surface area (Å²) in [6, 6.07) is 3.57. The van der Waals surface area contributed by atoms with Crippen molar-refractivity contribution >= 4 is 27.4 Å². The van der Waals surface area contributed by atoms with Gasteiger partial charge < -0.3 is 10.3 Å². The molecule has 0 saturated heterocycles. The smallest absolute Gasteiger partial charge is 0.201 e. The number of thiophene rings is 1. The normalized spacial score (nSPS) is 10.7. The third-order valence-corrected chi connectivity index (χ3v) is 3.21. The molecule has 0 spiro atoms. The highest BCUT2D eigenvalue weighted by Crippen LogP contribution is 2.16. The molecule has 0 aliphatic rings. The molecule has 2 heterocycles. The highest BCUT2D eigenvalue weighted by Gasteiger charge is 2.01. The number of anilines is 1. The molecule has 3 nitrogen and oxygen atoms in total. The molecule has 2 N–H and O–H groups in total. The first-order valence-corrected chi connectivity index (χ1v) is 6.03. The second-order valence-corrected chi connectivity index (χ2v) is 4.41. The molecule has 0 aromatic carbocycles. The molecule has 2 aromatic heterocycles. The van der Waals surface area contributed by atoms with Crippen molar-refractivity contribution in [1.82, 2.24) is 4.98 Å². The van der Waals surface area contributed by atoms with Gasteiger partial charge in [0.25, 0.3) is 0 Å². The molecule has 15 heavy (non-hydrogen) atoms. The number of unbranched alkanes of at least 4 members (excludes halogenated alkanes) is 1. The minimum Gasteiger partial charge on any atom is -0.372 e. The van der Waals surface area contributed by atoms with Gasteiger partial charge in [0, 0.05) is 12.6 Å². The number of H-pyrrole nitrogens is 1. The summed E-state index contributed by atoms with van der Waals surface area (Å²) in [6.45, 7) is 3.05. The summed E-state index contributed by atoms with van der Waals surface area (Å²) in [7, 11) is 0. The first kappa shape index (κ1) is 10.2. The van der Waals surface area contributed by atoms with Crippen LogP contribution in [0.1, 0.15) is 19.8 Å². The van der Waals surface area contributed by atoms with Crippen molar-refractivity contribution in [2.75, 3.05) is 11.9 Å². The van der Waals surface area contributed by atoms with E-state index in [0.717, 1.165) is 35.4 Å². The van der Waals surface area contributed by atoms with Crippen LogP contribution in [0.5, 0.6) is 0 Å². The third-order valence-electron chi connectivity index (χ3n) is 2.28. The molecule has 0 fully saturated rings. The fourth-order valence-corrected chi connectivity index (χ4v) is 2.23. The fourth-order valence-electron chi connectivity index (χ4n) is 1.47. The van der Waals surface area contributed by atoms with Crippen molar-refractivity contribution in [3.63, 3.8) is 0 Å². The number of hydrogen-bond donors (Lipinski definition) is 2. The number of nitrogens with one attached hydrogen (secondary N) is 2. The third kappa shape index (κ3) is 2.21. The Morgan fingerprint density at radius 1 is 1.53 bits per heavy atom. The van der Waals surface area contributed by atoms with Crippen molar-refractivity contribution in [2.45, 2.75) is 19.8 Å². The minimum atomic E-state index is 0.0951. The van der Waals surface area contributed by atoms with Gasteiger partial charge in [-0.15, -0.1) is 11.3 Å². The SMILES string of the molecule is CCCCNc1cc(=O)c2sccc2[nH]1. The van der Waals surface area contributed by atoms with E-state index in [0.29, 0.717) is 0 Å². The second kappa shape index (κ2) is 4.49. The van der Waals surface area contributed by atoms with Crippen molar-refractivity contribution in [1.29, 1.82) is 0 Å². The van der Waals surface area contributed by atoms with Crippen LogP contribution in [-0.2, 0) is 0 Å². The van der Waals surface area contributed by atoms with E-state index in [1.54, 1.807) is 6.07 Å². The quantitative estimate of drug-likeness (QED) is 0.781. The fraction of sp³-hybridized carbons (Fsp3) is 0.364. The van der Waals surface area contributed by atoms with E-state index in [1.807, 2.05) is 11.4 Å². The largest absolute Gasteiger partial charge is 0.372 e. The van der Waals surface area contributed by atoms with Gasteiger partial charge >= 0.3 is 0 Å². The molecule has 2 aromatic rings. The number of hydrogen-bond acceptors (Lipinski definition) is 3. The van der Waals surface area contributed by atoms with Crippen molar-refractivity contribution in [3.05, 3.63) is 27.7 Å². The Kier molecular flexibility index (Phi) is 3.06. The number of aromatic amines is 1. The van der Waals surface area contributed by atoms with Gasteiger partial charge in [-0.25, -0.2) is 0 Å². The first-order chi connectivity index (χ1) is 7.31. The summed E-state index contributed by atoms with van der Waals surface area (Å²) >= 11 is 1.48. The number of rotatable bonds is 4. The van der Waals surface area contributed by atoms with E-state index < -0.39 is 0 Å². The zero-order chi connectivity index (χ0) is 10.7. The monoisotopic (exact) mass is 222 g/mol. The van der Waals surface area contributed by atoms with Crippen LogP contribution in [0.15, 0.2) is 22.3 Å². The van der Waals surface area contributed by atoms with Crippen LogP contribution in [0, 0.1) is 0 Å². The molecule has 0 aliphatic carbocycles. The lowest BCUT2D eigenvalue weighted by Gasteiger charge is -2.04. The Balaban J connectivity index is 2.25. The molecule has 4 heteroatoms. The average Bonchev–Trinajstić information content (AvgIpc) is 2.66. The first-order valence-electron chi connectivity index (χ1n) is 5.15. The lowest BCUT2D eigenvalue weighted by atomic mass is 10.3. The molecule has 80 valence electrons. The Morgan fingerprint density at radius 2 is 2.40 bits per heavy atom. The van der Waals surface area contributed by atoms with Crippen LogP contribution in [-0.4, -0.2) is 11.5 Å². The molecule has 0 unspecified atom stereocenters. The molecule has 0 aliphatic heterocycles. The lowest BCUT2D eigenvalue weighted by molar-refractivity contribution is 0.831. The van der Waals surface area contributed by atoms with Crippen molar-refractivity contribution in [3.8, 4) is 0 Å². The summed E-state index contributed by atoms with van der Waals surface area (Å²) in [5, 5.41) is 5.15. The number of pyridine rings is 1. The molecule has 0 radical (unpaired) electrons. The van der Waals surface area contributed by atoms with Gasteiger partial charge in [-0.3, -0.25) is 4.79 Å². The summed E-state index contributed by atoms with van der Waals surface area (Å²) < 4.78 is 0.802. The van der Waals surface area contributed by atoms with Gasteiger partial charge in [0.15, 0.2) is 0 Å².